The van der Waals surface area contributed by atoms with Crippen LogP contribution in [0.5, 0.6) is 0 Å². The molecule has 0 aliphatic rings. The topological polar surface area (TPSA) is 37.3 Å². The number of hydrogen-bond acceptors (Lipinski definition) is 1. The van der Waals surface area contributed by atoms with Gasteiger partial charge in [-0.25, -0.2) is 4.79 Å². The molecule has 1 aromatic rings. The fourth-order valence-corrected chi connectivity index (χ4v) is 0.581. The fourth-order valence-electron chi connectivity index (χ4n) is 0.581. The molecule has 0 amide bonds. The maximum atomic E-state index is 10.2. The minimum Gasteiger partial charge on any atom is -1.00 e. The van der Waals surface area contributed by atoms with Gasteiger partial charge in [0.1, 0.15) is 0 Å². The zero-order valence-corrected chi connectivity index (χ0v) is 11.4. The summed E-state index contributed by atoms with van der Waals surface area (Å²) in [4.78, 5) is 10.2. The molecule has 11 heavy (non-hydrogen) atoms. The molecule has 0 unspecified atom stereocenters. The molecule has 1 N–H and O–H groups in total. The van der Waals surface area contributed by atoms with Crippen molar-refractivity contribution in [2.45, 2.75) is 0 Å². The summed E-state index contributed by atoms with van der Waals surface area (Å²) >= 11 is 0. The molecular weight excluding hydrogens is 282 g/mol. The van der Waals surface area contributed by atoms with Gasteiger partial charge in [-0.15, -0.1) is 0 Å². The number of halogens is 1. The van der Waals surface area contributed by atoms with Crippen LogP contribution < -0.4 is 75.4 Å². The number of carbonyl (C=O) groups is 1. The monoisotopic (exact) mass is 288 g/mol. The molecule has 0 aliphatic heterocycles. The summed E-state index contributed by atoms with van der Waals surface area (Å²) in [6.07, 6.45) is 0. The van der Waals surface area contributed by atoms with E-state index in [1.807, 2.05) is 0 Å². The normalized spacial score (nSPS) is 7.27. The molecule has 0 bridgehead atoms. The third-order valence-electron chi connectivity index (χ3n) is 1.02. The van der Waals surface area contributed by atoms with Gasteiger partial charge in [0, 0.05) is 0 Å². The smallest absolute Gasteiger partial charge is 1.00 e. The zero-order valence-electron chi connectivity index (χ0n) is 6.12. The first-order chi connectivity index (χ1) is 4.30. The molecule has 1 aromatic carbocycles. The largest absolute Gasteiger partial charge is 1.00 e. The summed E-state index contributed by atoms with van der Waals surface area (Å²) in [5, 5.41) is 8.38. The van der Waals surface area contributed by atoms with E-state index in [4.69, 9.17) is 5.11 Å². The number of benzene rings is 1. The zero-order chi connectivity index (χ0) is 6.69. The van der Waals surface area contributed by atoms with E-state index in [9.17, 15) is 4.79 Å². The standard InChI is InChI=1S/C7H6O2.HI.K/c8-7(9)6-4-2-1-3-5-6;;/h1-5H,(H,8,9);1H;/q;;+1/p-1. The minimum atomic E-state index is -0.879. The Hall–Kier alpha value is 1.06. The molecule has 54 valence electrons. The maximum Gasteiger partial charge on any atom is 1.00 e. The molecule has 0 aliphatic carbocycles. The average molecular weight is 288 g/mol. The van der Waals surface area contributed by atoms with E-state index < -0.39 is 5.97 Å². The van der Waals surface area contributed by atoms with Gasteiger partial charge in [-0.1, -0.05) is 18.2 Å². The van der Waals surface area contributed by atoms with Gasteiger partial charge in [-0.05, 0) is 12.1 Å². The fraction of sp³-hybridized carbons (Fsp3) is 0. The Labute approximate surface area is 125 Å². The summed E-state index contributed by atoms with van der Waals surface area (Å²) in [5.41, 5.74) is 0.331. The van der Waals surface area contributed by atoms with Crippen LogP contribution in [0.25, 0.3) is 0 Å². The van der Waals surface area contributed by atoms with Crippen molar-refractivity contribution in [2.75, 3.05) is 0 Å². The van der Waals surface area contributed by atoms with E-state index in [1.165, 1.54) is 0 Å². The molecule has 1 rings (SSSR count). The van der Waals surface area contributed by atoms with Crippen molar-refractivity contribution in [1.82, 2.24) is 0 Å². The number of rotatable bonds is 1. The second kappa shape index (κ2) is 7.69. The summed E-state index contributed by atoms with van der Waals surface area (Å²) in [5.74, 6) is -0.879. The predicted molar refractivity (Wildman–Crippen MR) is 33.4 cm³/mol. The first-order valence-corrected chi connectivity index (χ1v) is 2.59. The van der Waals surface area contributed by atoms with Crippen LogP contribution in [-0.2, 0) is 0 Å². The average Bonchev–Trinajstić information content (AvgIpc) is 1.90. The minimum absolute atomic E-state index is 0. The van der Waals surface area contributed by atoms with Gasteiger partial charge >= 0.3 is 57.4 Å². The molecule has 0 heterocycles. The summed E-state index contributed by atoms with van der Waals surface area (Å²) in [7, 11) is 0. The Bertz CT molecular complexity index is 213. The molecule has 0 atom stereocenters. The van der Waals surface area contributed by atoms with E-state index in [2.05, 4.69) is 0 Å². The summed E-state index contributed by atoms with van der Waals surface area (Å²) in [6, 6.07) is 8.30. The van der Waals surface area contributed by atoms with Gasteiger partial charge in [0.25, 0.3) is 0 Å². The van der Waals surface area contributed by atoms with Gasteiger partial charge in [-0.3, -0.25) is 0 Å². The number of hydrogen-bond donors (Lipinski definition) is 1. The second-order valence-electron chi connectivity index (χ2n) is 1.67. The number of carboxylic acid groups (broad SMARTS) is 1. The Morgan fingerprint density at radius 1 is 1.18 bits per heavy atom. The Kier molecular flexibility index (Phi) is 10.2. The Morgan fingerprint density at radius 2 is 1.64 bits per heavy atom. The molecule has 0 radical (unpaired) electrons. The van der Waals surface area contributed by atoms with Gasteiger partial charge in [0.15, 0.2) is 0 Å². The predicted octanol–water partition coefficient (Wildman–Crippen LogP) is -4.61. The van der Waals surface area contributed by atoms with Crippen LogP contribution in [0.4, 0.5) is 0 Å². The number of aromatic carboxylic acids is 1. The van der Waals surface area contributed by atoms with Crippen LogP contribution in [0.3, 0.4) is 0 Å². The van der Waals surface area contributed by atoms with Crippen LogP contribution in [0.2, 0.25) is 0 Å². The first kappa shape index (κ1) is 14.6. The van der Waals surface area contributed by atoms with E-state index in [0.29, 0.717) is 5.56 Å². The van der Waals surface area contributed by atoms with E-state index in [1.54, 1.807) is 30.3 Å². The van der Waals surface area contributed by atoms with Crippen molar-refractivity contribution in [1.29, 1.82) is 0 Å². The quantitative estimate of drug-likeness (QED) is 0.417. The van der Waals surface area contributed by atoms with Crippen LogP contribution in [0, 0.1) is 0 Å². The third-order valence-corrected chi connectivity index (χ3v) is 1.02. The third kappa shape index (κ3) is 5.32. The summed E-state index contributed by atoms with van der Waals surface area (Å²) in [6.45, 7) is 0. The maximum absolute atomic E-state index is 10.2. The molecule has 2 nitrogen and oxygen atoms in total. The van der Waals surface area contributed by atoms with Gasteiger partial charge < -0.3 is 29.1 Å². The van der Waals surface area contributed by atoms with Crippen LogP contribution in [-0.4, -0.2) is 11.1 Å². The van der Waals surface area contributed by atoms with E-state index in [-0.39, 0.29) is 75.4 Å². The van der Waals surface area contributed by atoms with Crippen molar-refractivity contribution in [3.8, 4) is 0 Å². The van der Waals surface area contributed by atoms with Gasteiger partial charge in [0.2, 0.25) is 0 Å². The SMILES string of the molecule is O=C(O)c1ccccc1.[I-].[K+]. The van der Waals surface area contributed by atoms with Crippen molar-refractivity contribution in [2.24, 2.45) is 0 Å². The molecule has 0 fully saturated rings. The van der Waals surface area contributed by atoms with Crippen LogP contribution >= 0.6 is 0 Å². The van der Waals surface area contributed by atoms with E-state index >= 15 is 0 Å². The Balaban J connectivity index is 0. The molecule has 0 saturated carbocycles. The Morgan fingerprint density at radius 3 is 1.91 bits per heavy atom. The second-order valence-corrected chi connectivity index (χ2v) is 1.67. The molecule has 0 aromatic heterocycles. The van der Waals surface area contributed by atoms with Gasteiger partial charge in [0.05, 0.1) is 5.56 Å². The van der Waals surface area contributed by atoms with Crippen LogP contribution in [0.15, 0.2) is 30.3 Å². The van der Waals surface area contributed by atoms with Crippen LogP contribution in [0.1, 0.15) is 10.4 Å². The molecule has 0 saturated heterocycles. The van der Waals surface area contributed by atoms with Crippen molar-refractivity contribution in [3.63, 3.8) is 0 Å². The molecular formula is C7H6IKO2. The first-order valence-electron chi connectivity index (χ1n) is 2.59. The van der Waals surface area contributed by atoms with Gasteiger partial charge in [-0.2, -0.15) is 0 Å². The number of carboxylic acids is 1. The summed E-state index contributed by atoms with van der Waals surface area (Å²) < 4.78 is 0. The van der Waals surface area contributed by atoms with Crippen molar-refractivity contribution < 1.29 is 85.3 Å². The van der Waals surface area contributed by atoms with Crippen molar-refractivity contribution >= 4 is 5.97 Å². The molecule has 0 spiro atoms. The molecule has 4 heteroatoms. The van der Waals surface area contributed by atoms with Crippen molar-refractivity contribution in [3.05, 3.63) is 35.9 Å². The van der Waals surface area contributed by atoms with E-state index in [0.717, 1.165) is 0 Å².